The summed E-state index contributed by atoms with van der Waals surface area (Å²) in [6.07, 6.45) is 2.69. The Balaban J connectivity index is 2.33. The first-order chi connectivity index (χ1) is 10.0. The lowest BCUT2D eigenvalue weighted by molar-refractivity contribution is 0.426. The number of aryl methyl sites for hydroxylation is 2. The number of rotatable bonds is 4. The molecule has 7 heteroatoms. The Morgan fingerprint density at radius 3 is 2.71 bits per heavy atom. The molecule has 112 valence electrons. The van der Waals surface area contributed by atoms with Gasteiger partial charge in [-0.25, -0.2) is 9.97 Å². The minimum Gasteiger partial charge on any atom is -0.300 e. The van der Waals surface area contributed by atoms with Crippen molar-refractivity contribution in [3.63, 3.8) is 0 Å². The number of imidazole rings is 1. The summed E-state index contributed by atoms with van der Waals surface area (Å²) < 4.78 is 4.06. The molecule has 0 atom stereocenters. The largest absolute Gasteiger partial charge is 0.300 e. The average molecular weight is 324 g/mol. The standard InChI is InChI=1S/C14H18ClN5S/c1-5-9-11-12(19(4)18-9)20(10(8-15)17-11)14(2,3)13-16-6-7-21-13/h6-7H,5,8H2,1-4H3. The highest BCUT2D eigenvalue weighted by Crippen LogP contribution is 2.33. The van der Waals surface area contributed by atoms with Gasteiger partial charge in [-0.15, -0.1) is 22.9 Å². The van der Waals surface area contributed by atoms with Gasteiger partial charge in [0.1, 0.15) is 16.3 Å². The molecule has 0 unspecified atom stereocenters. The number of thiazole rings is 1. The molecule has 0 aliphatic rings. The van der Waals surface area contributed by atoms with Crippen molar-refractivity contribution in [1.29, 1.82) is 0 Å². The highest BCUT2D eigenvalue weighted by molar-refractivity contribution is 7.09. The van der Waals surface area contributed by atoms with Gasteiger partial charge in [-0.1, -0.05) is 6.92 Å². The first-order valence-electron chi connectivity index (χ1n) is 6.90. The van der Waals surface area contributed by atoms with Crippen molar-refractivity contribution in [1.82, 2.24) is 24.3 Å². The van der Waals surface area contributed by atoms with Crippen LogP contribution in [0.25, 0.3) is 11.2 Å². The van der Waals surface area contributed by atoms with Crippen molar-refractivity contribution < 1.29 is 0 Å². The molecule has 0 spiro atoms. The number of halogens is 1. The number of fused-ring (bicyclic) bond motifs is 1. The summed E-state index contributed by atoms with van der Waals surface area (Å²) in [6, 6.07) is 0. The first kappa shape index (κ1) is 14.5. The molecule has 0 aliphatic heterocycles. The van der Waals surface area contributed by atoms with E-state index in [9.17, 15) is 0 Å². The molecule has 0 N–H and O–H groups in total. The molecule has 0 radical (unpaired) electrons. The van der Waals surface area contributed by atoms with Gasteiger partial charge in [-0.2, -0.15) is 5.10 Å². The minimum absolute atomic E-state index is 0.314. The average Bonchev–Trinajstić information content (AvgIpc) is 3.14. The number of hydrogen-bond acceptors (Lipinski definition) is 4. The van der Waals surface area contributed by atoms with E-state index in [2.05, 4.69) is 35.4 Å². The van der Waals surface area contributed by atoms with Crippen LogP contribution >= 0.6 is 22.9 Å². The molecule has 3 heterocycles. The second-order valence-corrected chi connectivity index (χ2v) is 6.65. The monoisotopic (exact) mass is 323 g/mol. The predicted octanol–water partition coefficient (Wildman–Crippen LogP) is 3.31. The molecule has 3 rings (SSSR count). The van der Waals surface area contributed by atoms with Gasteiger partial charge in [0.05, 0.1) is 17.1 Å². The quantitative estimate of drug-likeness (QED) is 0.692. The van der Waals surface area contributed by atoms with E-state index in [1.165, 1.54) is 0 Å². The molecular weight excluding hydrogens is 306 g/mol. The lowest BCUT2D eigenvalue weighted by Gasteiger charge is -2.26. The third kappa shape index (κ3) is 2.08. The SMILES string of the molecule is CCc1nn(C)c2c1nc(CCl)n2C(C)(C)c1nccs1. The van der Waals surface area contributed by atoms with Crippen LogP contribution in [0, 0.1) is 0 Å². The Labute approximate surface area is 132 Å². The maximum Gasteiger partial charge on any atom is 0.159 e. The molecule has 3 aromatic heterocycles. The van der Waals surface area contributed by atoms with Gasteiger partial charge < -0.3 is 0 Å². The summed E-state index contributed by atoms with van der Waals surface area (Å²) in [7, 11) is 1.95. The number of nitrogens with zero attached hydrogens (tertiary/aromatic N) is 5. The van der Waals surface area contributed by atoms with Gasteiger partial charge >= 0.3 is 0 Å². The third-order valence-corrected chi connectivity index (χ3v) is 5.07. The second-order valence-electron chi connectivity index (χ2n) is 5.49. The van der Waals surface area contributed by atoms with E-state index in [0.717, 1.165) is 34.1 Å². The van der Waals surface area contributed by atoms with E-state index in [4.69, 9.17) is 16.6 Å². The molecule has 0 bridgehead atoms. The zero-order valence-corrected chi connectivity index (χ0v) is 14.2. The second kappa shape index (κ2) is 5.10. The minimum atomic E-state index is -0.314. The van der Waals surface area contributed by atoms with Crippen molar-refractivity contribution in [3.05, 3.63) is 28.1 Å². The van der Waals surface area contributed by atoms with Crippen molar-refractivity contribution in [2.24, 2.45) is 7.05 Å². The Morgan fingerprint density at radius 1 is 1.38 bits per heavy atom. The lowest BCUT2D eigenvalue weighted by Crippen LogP contribution is -2.30. The first-order valence-corrected chi connectivity index (χ1v) is 8.31. The van der Waals surface area contributed by atoms with Crippen LogP contribution in [0.4, 0.5) is 0 Å². The van der Waals surface area contributed by atoms with E-state index in [-0.39, 0.29) is 5.54 Å². The van der Waals surface area contributed by atoms with Gasteiger partial charge in [-0.05, 0) is 20.3 Å². The number of hydrogen-bond donors (Lipinski definition) is 0. The molecule has 0 saturated heterocycles. The highest BCUT2D eigenvalue weighted by Gasteiger charge is 2.32. The molecule has 5 nitrogen and oxygen atoms in total. The van der Waals surface area contributed by atoms with Crippen molar-refractivity contribution in [2.45, 2.75) is 38.6 Å². The van der Waals surface area contributed by atoms with E-state index >= 15 is 0 Å². The van der Waals surface area contributed by atoms with Crippen LogP contribution in [0.2, 0.25) is 0 Å². The van der Waals surface area contributed by atoms with Gasteiger partial charge in [0.25, 0.3) is 0 Å². The van der Waals surface area contributed by atoms with Crippen LogP contribution in [-0.4, -0.2) is 24.3 Å². The van der Waals surface area contributed by atoms with Crippen molar-refractivity contribution in [2.75, 3.05) is 0 Å². The lowest BCUT2D eigenvalue weighted by atomic mass is 10.1. The summed E-state index contributed by atoms with van der Waals surface area (Å²) >= 11 is 7.79. The highest BCUT2D eigenvalue weighted by atomic mass is 35.5. The summed E-state index contributed by atoms with van der Waals surface area (Å²) in [6.45, 7) is 6.37. The molecular formula is C14H18ClN5S. The molecule has 0 aliphatic carbocycles. The number of alkyl halides is 1. The summed E-state index contributed by atoms with van der Waals surface area (Å²) in [5, 5.41) is 7.60. The summed E-state index contributed by atoms with van der Waals surface area (Å²) in [5.41, 5.74) is 2.64. The van der Waals surface area contributed by atoms with Crippen LogP contribution in [-0.2, 0) is 24.9 Å². The van der Waals surface area contributed by atoms with Gasteiger partial charge in [0, 0.05) is 18.6 Å². The van der Waals surface area contributed by atoms with Gasteiger partial charge in [0.15, 0.2) is 5.65 Å². The Hall–Kier alpha value is -1.40. The fourth-order valence-corrected chi connectivity index (χ4v) is 3.69. The number of aromatic nitrogens is 5. The van der Waals surface area contributed by atoms with Crippen molar-refractivity contribution >= 4 is 34.1 Å². The molecule has 3 aromatic rings. The fraction of sp³-hybridized carbons (Fsp3) is 0.500. The molecule has 21 heavy (non-hydrogen) atoms. The summed E-state index contributed by atoms with van der Waals surface area (Å²) in [5.74, 6) is 1.22. The van der Waals surface area contributed by atoms with Gasteiger partial charge in [0.2, 0.25) is 0 Å². The van der Waals surface area contributed by atoms with E-state index in [0.29, 0.717) is 5.88 Å². The van der Waals surface area contributed by atoms with Crippen LogP contribution in [0.15, 0.2) is 11.6 Å². The normalized spacial score (nSPS) is 12.4. The van der Waals surface area contributed by atoms with Crippen LogP contribution in [0.5, 0.6) is 0 Å². The maximum absolute atomic E-state index is 6.15. The van der Waals surface area contributed by atoms with E-state index in [1.54, 1.807) is 11.3 Å². The van der Waals surface area contributed by atoms with Crippen LogP contribution in [0.1, 0.15) is 37.3 Å². The summed E-state index contributed by atoms with van der Waals surface area (Å²) in [4.78, 5) is 9.20. The molecule has 0 saturated carbocycles. The molecule has 0 aromatic carbocycles. The Kier molecular flexibility index (Phi) is 3.53. The van der Waals surface area contributed by atoms with Crippen LogP contribution < -0.4 is 0 Å². The van der Waals surface area contributed by atoms with Crippen molar-refractivity contribution in [3.8, 4) is 0 Å². The van der Waals surface area contributed by atoms with Crippen LogP contribution in [0.3, 0.4) is 0 Å². The third-order valence-electron chi connectivity index (χ3n) is 3.74. The zero-order chi connectivity index (χ0) is 15.2. The smallest absolute Gasteiger partial charge is 0.159 e. The van der Waals surface area contributed by atoms with Gasteiger partial charge in [-0.3, -0.25) is 9.25 Å². The Morgan fingerprint density at radius 2 is 2.14 bits per heavy atom. The van der Waals surface area contributed by atoms with E-state index < -0.39 is 0 Å². The molecule has 0 fully saturated rings. The topological polar surface area (TPSA) is 48.5 Å². The fourth-order valence-electron chi connectivity index (χ4n) is 2.76. The zero-order valence-electron chi connectivity index (χ0n) is 12.6. The Bertz CT molecular complexity index is 769. The molecule has 0 amide bonds. The van der Waals surface area contributed by atoms with E-state index in [1.807, 2.05) is 23.3 Å². The maximum atomic E-state index is 6.15. The predicted molar refractivity (Wildman–Crippen MR) is 86.0 cm³/mol.